The highest BCUT2D eigenvalue weighted by atomic mass is 16.4. The van der Waals surface area contributed by atoms with Crippen LogP contribution in [0.4, 0.5) is 0 Å². The SMILES string of the molecule is CCCCC1=C(Cc2ccc(-c3ccccc3C(=O)O)cc2)C(=O)NC2=NC=C(C)[N+]21. The van der Waals surface area contributed by atoms with E-state index in [0.29, 0.717) is 17.9 Å². The first-order chi connectivity index (χ1) is 15.0. The number of rotatable bonds is 7. The number of unbranched alkanes of at least 4 members (excludes halogenated alkanes) is 1. The summed E-state index contributed by atoms with van der Waals surface area (Å²) in [5.74, 6) is -0.474. The Morgan fingerprint density at radius 3 is 2.58 bits per heavy atom. The number of carboxylic acids is 1. The van der Waals surface area contributed by atoms with Crippen LogP contribution in [0.5, 0.6) is 0 Å². The van der Waals surface area contributed by atoms with Crippen LogP contribution in [0.15, 0.2) is 76.7 Å². The van der Waals surface area contributed by atoms with Crippen molar-refractivity contribution in [1.29, 1.82) is 0 Å². The first-order valence-electron chi connectivity index (χ1n) is 10.5. The van der Waals surface area contributed by atoms with Gasteiger partial charge in [-0.25, -0.2) is 4.79 Å². The minimum Gasteiger partial charge on any atom is -0.478 e. The highest BCUT2D eigenvalue weighted by Gasteiger charge is 2.44. The Labute approximate surface area is 181 Å². The van der Waals surface area contributed by atoms with Gasteiger partial charge in [-0.1, -0.05) is 55.8 Å². The molecule has 31 heavy (non-hydrogen) atoms. The largest absolute Gasteiger partial charge is 0.478 e. The number of guanidine groups is 1. The van der Waals surface area contributed by atoms with Gasteiger partial charge in [0, 0.05) is 19.8 Å². The molecule has 2 aliphatic rings. The smallest absolute Gasteiger partial charge is 0.370 e. The number of hydrogen-bond donors (Lipinski definition) is 2. The van der Waals surface area contributed by atoms with Crippen molar-refractivity contribution in [3.05, 3.63) is 82.8 Å². The predicted molar refractivity (Wildman–Crippen MR) is 121 cm³/mol. The van der Waals surface area contributed by atoms with Crippen molar-refractivity contribution in [2.24, 2.45) is 4.99 Å². The average Bonchev–Trinajstić information content (AvgIpc) is 3.14. The number of carbonyl (C=O) groups is 2. The molecule has 0 fully saturated rings. The molecule has 4 rings (SSSR count). The summed E-state index contributed by atoms with van der Waals surface area (Å²) in [5, 5.41) is 12.4. The van der Waals surface area contributed by atoms with Crippen LogP contribution < -0.4 is 10.2 Å². The van der Waals surface area contributed by atoms with Gasteiger partial charge < -0.3 is 5.11 Å². The van der Waals surface area contributed by atoms with Crippen molar-refractivity contribution in [3.8, 4) is 11.1 Å². The molecule has 2 N–H and O–H groups in total. The Balaban J connectivity index is 1.65. The van der Waals surface area contributed by atoms with E-state index in [9.17, 15) is 14.7 Å². The molecule has 2 aromatic carbocycles. The van der Waals surface area contributed by atoms with E-state index < -0.39 is 5.97 Å². The summed E-state index contributed by atoms with van der Waals surface area (Å²) in [6, 6.07) is 14.7. The lowest BCUT2D eigenvalue weighted by Crippen LogP contribution is -2.50. The summed E-state index contributed by atoms with van der Waals surface area (Å²) < 4.78 is 0. The molecular weight excluding hydrogens is 390 g/mol. The van der Waals surface area contributed by atoms with Gasteiger partial charge in [-0.2, -0.15) is 4.99 Å². The van der Waals surface area contributed by atoms with Crippen LogP contribution in [0.3, 0.4) is 0 Å². The summed E-state index contributed by atoms with van der Waals surface area (Å²) in [6.07, 6.45) is 5.13. The number of amides is 1. The number of benzene rings is 2. The fourth-order valence-corrected chi connectivity index (χ4v) is 4.03. The zero-order chi connectivity index (χ0) is 22.0. The molecule has 0 bridgehead atoms. The molecule has 2 heterocycles. The van der Waals surface area contributed by atoms with Crippen LogP contribution in [0.1, 0.15) is 49.0 Å². The van der Waals surface area contributed by atoms with Crippen molar-refractivity contribution < 1.29 is 14.7 Å². The van der Waals surface area contributed by atoms with Crippen molar-refractivity contribution in [2.45, 2.75) is 39.5 Å². The fraction of sp³-hybridized carbons (Fsp3) is 0.240. The molecule has 0 aromatic heterocycles. The molecule has 0 atom stereocenters. The minimum atomic E-state index is -0.948. The van der Waals surface area contributed by atoms with Crippen molar-refractivity contribution >= 4 is 17.8 Å². The van der Waals surface area contributed by atoms with Crippen molar-refractivity contribution in [3.63, 3.8) is 0 Å². The maximum atomic E-state index is 12.9. The quantitative estimate of drug-likeness (QED) is 0.651. The molecule has 0 aliphatic carbocycles. The second kappa shape index (κ2) is 8.70. The highest BCUT2D eigenvalue weighted by molar-refractivity contribution is 6.11. The molecule has 0 saturated carbocycles. The van der Waals surface area contributed by atoms with E-state index in [1.54, 1.807) is 18.3 Å². The number of nitrogens with zero attached hydrogens (tertiary/aromatic N) is 2. The van der Waals surface area contributed by atoms with Gasteiger partial charge in [0.2, 0.25) is 0 Å². The van der Waals surface area contributed by atoms with Crippen molar-refractivity contribution in [2.75, 3.05) is 0 Å². The summed E-state index contributed by atoms with van der Waals surface area (Å²) in [5.41, 5.74) is 5.55. The molecule has 0 spiro atoms. The van der Waals surface area contributed by atoms with Gasteiger partial charge in [-0.3, -0.25) is 10.1 Å². The third kappa shape index (κ3) is 4.07. The molecule has 6 heteroatoms. The molecule has 0 unspecified atom stereocenters. The predicted octanol–water partition coefficient (Wildman–Crippen LogP) is 4.54. The van der Waals surface area contributed by atoms with E-state index in [1.807, 2.05) is 48.2 Å². The number of allylic oxidation sites excluding steroid dienone is 2. The molecular formula is C25H25N3O3+. The Hall–Kier alpha value is -3.51. The summed E-state index contributed by atoms with van der Waals surface area (Å²) in [7, 11) is 0. The summed E-state index contributed by atoms with van der Waals surface area (Å²) in [4.78, 5) is 30.8. The van der Waals surface area contributed by atoms with E-state index in [4.69, 9.17) is 0 Å². The fourth-order valence-electron chi connectivity index (χ4n) is 4.03. The first kappa shape index (κ1) is 20.8. The average molecular weight is 415 g/mol. The van der Waals surface area contributed by atoms with E-state index in [0.717, 1.165) is 47.4 Å². The van der Waals surface area contributed by atoms with Crippen molar-refractivity contribution in [1.82, 2.24) is 10.2 Å². The van der Waals surface area contributed by atoms with Gasteiger partial charge >= 0.3 is 11.9 Å². The minimum absolute atomic E-state index is 0.107. The number of aliphatic imine (C=N–C) groups is 1. The topological polar surface area (TPSA) is 84.7 Å². The van der Waals surface area contributed by atoms with Crippen LogP contribution in [-0.4, -0.2) is 22.9 Å². The van der Waals surface area contributed by atoms with E-state index >= 15 is 0 Å². The number of carbonyl (C=O) groups excluding carboxylic acids is 1. The molecule has 6 nitrogen and oxygen atoms in total. The maximum absolute atomic E-state index is 12.9. The van der Waals surface area contributed by atoms with Gasteiger partial charge in [0.15, 0.2) is 11.4 Å². The Bertz CT molecular complexity index is 1130. The summed E-state index contributed by atoms with van der Waals surface area (Å²) >= 11 is 0. The number of hydrogen-bond acceptors (Lipinski definition) is 4. The second-order valence-corrected chi connectivity index (χ2v) is 7.77. The zero-order valence-corrected chi connectivity index (χ0v) is 17.7. The normalized spacial score (nSPS) is 16.0. The van der Waals surface area contributed by atoms with Gasteiger partial charge in [0.25, 0.3) is 5.91 Å². The third-order valence-electron chi connectivity index (χ3n) is 5.63. The molecule has 0 saturated heterocycles. The van der Waals surface area contributed by atoms with Gasteiger partial charge in [0.05, 0.1) is 17.3 Å². The lowest BCUT2D eigenvalue weighted by Gasteiger charge is -2.21. The number of carboxylic acid groups (broad SMARTS) is 1. The standard InChI is InChI=1S/C25H25N3O3/c1-3-4-9-22-21(23(29)27-25-26-15-16(2)28(22)25)14-17-10-12-18(13-11-17)19-7-5-6-8-20(19)24(30)31/h5-8,10-13,15H,3-4,9,14H2,1-2H3,(H,30,31)(H,26,27,29)/q+1. The van der Waals surface area contributed by atoms with Crippen LogP contribution in [0.25, 0.3) is 11.1 Å². The number of aromatic carboxylic acids is 1. The van der Waals surface area contributed by atoms with E-state index in [-0.39, 0.29) is 11.5 Å². The maximum Gasteiger partial charge on any atom is 0.370 e. The monoisotopic (exact) mass is 415 g/mol. The van der Waals surface area contributed by atoms with Gasteiger partial charge in [0.1, 0.15) is 0 Å². The molecule has 157 valence electrons. The van der Waals surface area contributed by atoms with Crippen LogP contribution in [0.2, 0.25) is 0 Å². The van der Waals surface area contributed by atoms with E-state index in [2.05, 4.69) is 17.2 Å². The van der Waals surface area contributed by atoms with Crippen LogP contribution in [-0.2, 0) is 11.2 Å². The lowest BCUT2D eigenvalue weighted by molar-refractivity contribution is -0.116. The molecule has 2 aromatic rings. The van der Waals surface area contributed by atoms with Gasteiger partial charge in [-0.15, -0.1) is 0 Å². The Morgan fingerprint density at radius 1 is 1.13 bits per heavy atom. The third-order valence-corrected chi connectivity index (χ3v) is 5.63. The highest BCUT2D eigenvalue weighted by Crippen LogP contribution is 2.29. The Morgan fingerprint density at radius 2 is 1.87 bits per heavy atom. The lowest BCUT2D eigenvalue weighted by atomic mass is 9.95. The second-order valence-electron chi connectivity index (χ2n) is 7.77. The van der Waals surface area contributed by atoms with Crippen LogP contribution >= 0.6 is 0 Å². The number of fused-ring (bicyclic) bond motifs is 1. The zero-order valence-electron chi connectivity index (χ0n) is 17.7. The molecule has 1 amide bonds. The summed E-state index contributed by atoms with van der Waals surface area (Å²) in [6.45, 7) is 4.13. The Kier molecular flexibility index (Phi) is 5.82. The molecule has 1 radical (unpaired) electrons. The molecule has 2 aliphatic heterocycles. The van der Waals surface area contributed by atoms with E-state index in [1.165, 1.54) is 0 Å². The van der Waals surface area contributed by atoms with Crippen LogP contribution in [0, 0.1) is 0 Å². The van der Waals surface area contributed by atoms with Gasteiger partial charge in [-0.05, 0) is 34.1 Å². The number of nitrogens with one attached hydrogen (secondary N) is 1. The first-order valence-corrected chi connectivity index (χ1v) is 10.5.